The molecule has 3 nitrogen and oxygen atoms in total. The highest BCUT2D eigenvalue weighted by atomic mass is 32.1. The molecule has 2 N–H and O–H groups in total. The number of thiocarbonyl (C=S) groups is 1. The highest BCUT2D eigenvalue weighted by Crippen LogP contribution is 2.39. The molecule has 0 aromatic carbocycles. The van der Waals surface area contributed by atoms with Crippen LogP contribution in [0.15, 0.2) is 17.3 Å². The highest BCUT2D eigenvalue weighted by molar-refractivity contribution is 7.80. The molecule has 2 fully saturated rings. The maximum absolute atomic E-state index is 5.30. The zero-order chi connectivity index (χ0) is 12.4. The van der Waals surface area contributed by atoms with E-state index >= 15 is 0 Å². The molecule has 2 atom stereocenters. The fraction of sp³-hybridized carbons (Fsp3) is 0.714. The van der Waals surface area contributed by atoms with Crippen molar-refractivity contribution in [2.24, 2.45) is 16.9 Å². The molecule has 0 amide bonds. The monoisotopic (exact) mass is 263 g/mol. The molecule has 0 bridgehead atoms. The van der Waals surface area contributed by atoms with Crippen molar-refractivity contribution in [3.8, 4) is 0 Å². The lowest BCUT2D eigenvalue weighted by atomic mass is 9.74. The molecule has 0 unspecified atom stereocenters. The number of hydrogen-bond acceptors (Lipinski definition) is 2. The van der Waals surface area contributed by atoms with Gasteiger partial charge in [0.05, 0.1) is 0 Å². The summed E-state index contributed by atoms with van der Waals surface area (Å²) in [6.07, 6.45) is 13.4. The van der Waals surface area contributed by atoms with Crippen LogP contribution in [0.25, 0.3) is 0 Å². The SMILES string of the molecule is S=C(N/N=C1\C[C@H]2C=CC[C@H]12)NC1CCCCC1. The first kappa shape index (κ1) is 12.2. The second kappa shape index (κ2) is 5.39. The van der Waals surface area contributed by atoms with Crippen molar-refractivity contribution in [2.45, 2.75) is 51.0 Å². The van der Waals surface area contributed by atoms with Crippen molar-refractivity contribution in [1.29, 1.82) is 0 Å². The Balaban J connectivity index is 1.43. The fourth-order valence-electron chi connectivity index (χ4n) is 3.25. The summed E-state index contributed by atoms with van der Waals surface area (Å²) < 4.78 is 0. The van der Waals surface area contributed by atoms with Crippen molar-refractivity contribution < 1.29 is 0 Å². The van der Waals surface area contributed by atoms with Crippen molar-refractivity contribution in [2.75, 3.05) is 0 Å². The van der Waals surface area contributed by atoms with E-state index in [4.69, 9.17) is 12.2 Å². The Morgan fingerprint density at radius 2 is 2.11 bits per heavy atom. The number of nitrogens with one attached hydrogen (secondary N) is 2. The Labute approximate surface area is 114 Å². The second-order valence-corrected chi connectivity index (χ2v) is 6.07. The van der Waals surface area contributed by atoms with Crippen LogP contribution in [0.4, 0.5) is 0 Å². The van der Waals surface area contributed by atoms with Crippen LogP contribution >= 0.6 is 12.2 Å². The van der Waals surface area contributed by atoms with Crippen molar-refractivity contribution in [3.63, 3.8) is 0 Å². The van der Waals surface area contributed by atoms with Gasteiger partial charge < -0.3 is 5.32 Å². The van der Waals surface area contributed by atoms with Gasteiger partial charge in [0.1, 0.15) is 0 Å². The van der Waals surface area contributed by atoms with Gasteiger partial charge in [0.15, 0.2) is 5.11 Å². The Hall–Kier alpha value is -0.900. The van der Waals surface area contributed by atoms with Crippen LogP contribution in [0.5, 0.6) is 0 Å². The number of nitrogens with zero attached hydrogens (tertiary/aromatic N) is 1. The second-order valence-electron chi connectivity index (χ2n) is 5.66. The van der Waals surface area contributed by atoms with E-state index in [0.29, 0.717) is 17.1 Å². The third kappa shape index (κ3) is 2.58. The van der Waals surface area contributed by atoms with E-state index in [2.05, 4.69) is 28.0 Å². The summed E-state index contributed by atoms with van der Waals surface area (Å²) in [6.45, 7) is 0. The molecule has 0 aliphatic heterocycles. The van der Waals surface area contributed by atoms with E-state index < -0.39 is 0 Å². The van der Waals surface area contributed by atoms with Gasteiger partial charge in [-0.2, -0.15) is 5.10 Å². The molecule has 4 heteroatoms. The molecule has 3 aliphatic carbocycles. The molecule has 2 saturated carbocycles. The standard InChI is InChI=1S/C14H21N3S/c18-14(15-11-6-2-1-3-7-11)17-16-13-9-10-5-4-8-12(10)13/h4-5,10-12H,1-3,6-9H2,(H2,15,17,18)/b16-13+/t10-,12+/m1/s1. The number of allylic oxidation sites excluding steroid dienone is 2. The molecule has 0 heterocycles. The normalized spacial score (nSPS) is 33.0. The van der Waals surface area contributed by atoms with Crippen LogP contribution in [-0.2, 0) is 0 Å². The van der Waals surface area contributed by atoms with Crippen molar-refractivity contribution in [1.82, 2.24) is 10.7 Å². The molecule has 0 radical (unpaired) electrons. The molecule has 3 rings (SSSR count). The van der Waals surface area contributed by atoms with E-state index in [9.17, 15) is 0 Å². The summed E-state index contributed by atoms with van der Waals surface area (Å²) in [6, 6.07) is 0.557. The smallest absolute Gasteiger partial charge is 0.187 e. The van der Waals surface area contributed by atoms with Gasteiger partial charge in [-0.3, -0.25) is 5.43 Å². The summed E-state index contributed by atoms with van der Waals surface area (Å²) in [7, 11) is 0. The zero-order valence-electron chi connectivity index (χ0n) is 10.7. The minimum Gasteiger partial charge on any atom is -0.359 e. The Morgan fingerprint density at radius 1 is 1.28 bits per heavy atom. The van der Waals surface area contributed by atoms with Crippen LogP contribution in [0, 0.1) is 11.8 Å². The van der Waals surface area contributed by atoms with Gasteiger partial charge in [0, 0.05) is 17.7 Å². The first-order chi connectivity index (χ1) is 8.83. The lowest BCUT2D eigenvalue weighted by Crippen LogP contribution is -2.42. The van der Waals surface area contributed by atoms with E-state index in [0.717, 1.165) is 18.8 Å². The molecule has 0 saturated heterocycles. The van der Waals surface area contributed by atoms with Gasteiger partial charge in [0.2, 0.25) is 0 Å². The lowest BCUT2D eigenvalue weighted by molar-refractivity contribution is 0.412. The molecule has 3 aliphatic rings. The van der Waals surface area contributed by atoms with Crippen LogP contribution < -0.4 is 10.7 Å². The molecular weight excluding hydrogens is 242 g/mol. The predicted molar refractivity (Wildman–Crippen MR) is 78.5 cm³/mol. The first-order valence-electron chi connectivity index (χ1n) is 7.12. The summed E-state index contributed by atoms with van der Waals surface area (Å²) in [5.41, 5.74) is 4.31. The number of hydrogen-bond donors (Lipinski definition) is 2. The van der Waals surface area contributed by atoms with E-state index in [1.165, 1.54) is 37.8 Å². The van der Waals surface area contributed by atoms with Gasteiger partial charge in [-0.15, -0.1) is 0 Å². The summed E-state index contributed by atoms with van der Waals surface area (Å²) in [4.78, 5) is 0. The number of fused-ring (bicyclic) bond motifs is 1. The summed E-state index contributed by atoms with van der Waals surface area (Å²) in [5.74, 6) is 1.42. The number of hydrazone groups is 1. The third-order valence-electron chi connectivity index (χ3n) is 4.40. The van der Waals surface area contributed by atoms with E-state index in [-0.39, 0.29) is 0 Å². The maximum Gasteiger partial charge on any atom is 0.187 e. The van der Waals surface area contributed by atoms with Crippen LogP contribution in [-0.4, -0.2) is 16.9 Å². The molecule has 0 spiro atoms. The highest BCUT2D eigenvalue weighted by Gasteiger charge is 2.37. The van der Waals surface area contributed by atoms with Crippen LogP contribution in [0.3, 0.4) is 0 Å². The zero-order valence-corrected chi connectivity index (χ0v) is 11.5. The Kier molecular flexibility index (Phi) is 3.64. The van der Waals surface area contributed by atoms with Gasteiger partial charge in [-0.05, 0) is 43.8 Å². The van der Waals surface area contributed by atoms with Crippen molar-refractivity contribution in [3.05, 3.63) is 12.2 Å². The largest absolute Gasteiger partial charge is 0.359 e. The fourth-order valence-corrected chi connectivity index (χ4v) is 3.46. The Bertz CT molecular complexity index is 383. The van der Waals surface area contributed by atoms with E-state index in [1.807, 2.05) is 0 Å². The average molecular weight is 263 g/mol. The average Bonchev–Trinajstić information content (AvgIpc) is 2.72. The van der Waals surface area contributed by atoms with Crippen molar-refractivity contribution >= 4 is 23.0 Å². The van der Waals surface area contributed by atoms with Gasteiger partial charge in [-0.25, -0.2) is 0 Å². The minimum absolute atomic E-state index is 0.557. The number of rotatable bonds is 2. The van der Waals surface area contributed by atoms with Gasteiger partial charge >= 0.3 is 0 Å². The maximum atomic E-state index is 5.30. The van der Waals surface area contributed by atoms with Gasteiger partial charge in [-0.1, -0.05) is 31.4 Å². The third-order valence-corrected chi connectivity index (χ3v) is 4.61. The quantitative estimate of drug-likeness (QED) is 0.457. The minimum atomic E-state index is 0.557. The summed E-state index contributed by atoms with van der Waals surface area (Å²) in [5, 5.41) is 8.54. The molecule has 98 valence electrons. The van der Waals surface area contributed by atoms with Crippen LogP contribution in [0.2, 0.25) is 0 Å². The molecule has 18 heavy (non-hydrogen) atoms. The topological polar surface area (TPSA) is 36.4 Å². The molecule has 0 aromatic rings. The predicted octanol–water partition coefficient (Wildman–Crippen LogP) is 2.74. The first-order valence-corrected chi connectivity index (χ1v) is 7.53. The Morgan fingerprint density at radius 3 is 2.89 bits per heavy atom. The van der Waals surface area contributed by atoms with E-state index in [1.54, 1.807) is 0 Å². The lowest BCUT2D eigenvalue weighted by Gasteiger charge is -2.32. The van der Waals surface area contributed by atoms with Gasteiger partial charge in [0.25, 0.3) is 0 Å². The molecular formula is C14H21N3S. The molecule has 0 aromatic heterocycles. The van der Waals surface area contributed by atoms with Crippen LogP contribution in [0.1, 0.15) is 44.9 Å². The summed E-state index contributed by atoms with van der Waals surface area (Å²) >= 11 is 5.30.